The van der Waals surface area contributed by atoms with Gasteiger partial charge >= 0.3 is 0 Å². The molecule has 0 spiro atoms. The predicted octanol–water partition coefficient (Wildman–Crippen LogP) is 2.97. The normalized spacial score (nSPS) is 16.8. The average Bonchev–Trinajstić information content (AvgIpc) is 2.87. The SMILES string of the molecule is Nc1c2c(=O)[nH]c3ccccc3c2nn1C1CCCCC1. The van der Waals surface area contributed by atoms with Gasteiger partial charge < -0.3 is 10.7 Å². The number of benzene rings is 1. The number of fused-ring (bicyclic) bond motifs is 3. The minimum absolute atomic E-state index is 0.150. The van der Waals surface area contributed by atoms with Crippen molar-refractivity contribution in [2.75, 3.05) is 5.73 Å². The Hall–Kier alpha value is -2.30. The molecule has 1 aliphatic rings. The highest BCUT2D eigenvalue weighted by Gasteiger charge is 2.22. The molecule has 2 heterocycles. The molecule has 3 N–H and O–H groups in total. The zero-order valence-electron chi connectivity index (χ0n) is 11.8. The standard InChI is InChI=1S/C16H18N4O/c17-15-13-14(19-20(15)10-6-2-1-3-7-10)11-8-4-5-9-12(11)18-16(13)21/h4-5,8-10H,1-3,6-7,17H2,(H,18,21). The van der Waals surface area contributed by atoms with Crippen molar-refractivity contribution in [1.82, 2.24) is 14.8 Å². The number of rotatable bonds is 1. The fourth-order valence-electron chi connectivity index (χ4n) is 3.45. The third kappa shape index (κ3) is 1.84. The van der Waals surface area contributed by atoms with Crippen LogP contribution in [0.2, 0.25) is 0 Å². The highest BCUT2D eigenvalue weighted by atomic mass is 16.1. The maximum Gasteiger partial charge on any atom is 0.261 e. The van der Waals surface area contributed by atoms with E-state index in [1.807, 2.05) is 28.9 Å². The first kappa shape index (κ1) is 12.4. The first-order valence-corrected chi connectivity index (χ1v) is 7.54. The van der Waals surface area contributed by atoms with Gasteiger partial charge in [-0.3, -0.25) is 4.79 Å². The van der Waals surface area contributed by atoms with E-state index in [0.29, 0.717) is 17.2 Å². The molecule has 21 heavy (non-hydrogen) atoms. The highest BCUT2D eigenvalue weighted by Crippen LogP contribution is 2.33. The van der Waals surface area contributed by atoms with Crippen molar-refractivity contribution in [3.63, 3.8) is 0 Å². The molecule has 4 rings (SSSR count). The Morgan fingerprint density at radius 1 is 1.19 bits per heavy atom. The number of nitrogens with one attached hydrogen (secondary N) is 1. The third-order valence-corrected chi connectivity index (χ3v) is 4.53. The Kier molecular flexibility index (Phi) is 2.74. The Bertz CT molecular complexity index is 871. The van der Waals surface area contributed by atoms with Crippen LogP contribution in [-0.4, -0.2) is 14.8 Å². The van der Waals surface area contributed by atoms with Gasteiger partial charge in [0.2, 0.25) is 0 Å². The van der Waals surface area contributed by atoms with Crippen LogP contribution in [0.25, 0.3) is 21.8 Å². The first-order chi connectivity index (χ1) is 10.3. The second kappa shape index (κ2) is 4.62. The monoisotopic (exact) mass is 282 g/mol. The van der Waals surface area contributed by atoms with Crippen LogP contribution in [0, 0.1) is 0 Å². The number of hydrogen-bond donors (Lipinski definition) is 2. The molecule has 3 aromatic rings. The molecule has 0 unspecified atom stereocenters. The molecule has 5 heteroatoms. The number of nitrogens with zero attached hydrogens (tertiary/aromatic N) is 2. The van der Waals surface area contributed by atoms with Gasteiger partial charge in [-0.2, -0.15) is 5.10 Å². The van der Waals surface area contributed by atoms with Crippen molar-refractivity contribution in [1.29, 1.82) is 0 Å². The first-order valence-electron chi connectivity index (χ1n) is 7.54. The molecule has 1 aliphatic carbocycles. The maximum absolute atomic E-state index is 12.3. The lowest BCUT2D eigenvalue weighted by atomic mass is 9.96. The van der Waals surface area contributed by atoms with E-state index in [2.05, 4.69) is 4.98 Å². The number of anilines is 1. The van der Waals surface area contributed by atoms with Crippen LogP contribution in [-0.2, 0) is 0 Å². The topological polar surface area (TPSA) is 76.7 Å². The van der Waals surface area contributed by atoms with E-state index in [1.165, 1.54) is 19.3 Å². The fraction of sp³-hybridized carbons (Fsp3) is 0.375. The lowest BCUT2D eigenvalue weighted by Crippen LogP contribution is -2.16. The molecule has 108 valence electrons. The Labute approximate surface area is 121 Å². The van der Waals surface area contributed by atoms with Gasteiger partial charge in [0, 0.05) is 5.39 Å². The van der Waals surface area contributed by atoms with Gasteiger partial charge in [-0.15, -0.1) is 0 Å². The van der Waals surface area contributed by atoms with Gasteiger partial charge in [-0.1, -0.05) is 37.5 Å². The summed E-state index contributed by atoms with van der Waals surface area (Å²) in [5.74, 6) is 0.504. The Morgan fingerprint density at radius 2 is 1.95 bits per heavy atom. The molecule has 5 nitrogen and oxygen atoms in total. The molecule has 0 atom stereocenters. The number of aromatic nitrogens is 3. The summed E-state index contributed by atoms with van der Waals surface area (Å²) in [6.07, 6.45) is 5.87. The Morgan fingerprint density at radius 3 is 2.76 bits per heavy atom. The van der Waals surface area contributed by atoms with E-state index in [-0.39, 0.29) is 5.56 Å². The summed E-state index contributed by atoms with van der Waals surface area (Å²) in [6, 6.07) is 8.06. The number of H-pyrrole nitrogens is 1. The fourth-order valence-corrected chi connectivity index (χ4v) is 3.45. The van der Waals surface area contributed by atoms with E-state index in [9.17, 15) is 4.79 Å². The lowest BCUT2D eigenvalue weighted by Gasteiger charge is -2.22. The molecular formula is C16H18N4O. The van der Waals surface area contributed by atoms with Crippen LogP contribution in [0.15, 0.2) is 29.1 Å². The van der Waals surface area contributed by atoms with Crippen molar-refractivity contribution in [2.24, 2.45) is 0 Å². The summed E-state index contributed by atoms with van der Waals surface area (Å²) in [6.45, 7) is 0. The molecule has 0 aliphatic heterocycles. The average molecular weight is 282 g/mol. The summed E-state index contributed by atoms with van der Waals surface area (Å²) in [5.41, 5.74) is 7.62. The molecule has 0 saturated heterocycles. The molecule has 0 bridgehead atoms. The van der Waals surface area contributed by atoms with Gasteiger partial charge in [0.05, 0.1) is 11.6 Å². The van der Waals surface area contributed by atoms with Gasteiger partial charge in [0.15, 0.2) is 0 Å². The van der Waals surface area contributed by atoms with E-state index in [4.69, 9.17) is 10.8 Å². The van der Waals surface area contributed by atoms with E-state index in [1.54, 1.807) is 0 Å². The van der Waals surface area contributed by atoms with Crippen LogP contribution in [0.5, 0.6) is 0 Å². The molecule has 1 aromatic carbocycles. The van der Waals surface area contributed by atoms with Crippen molar-refractivity contribution in [3.05, 3.63) is 34.6 Å². The minimum atomic E-state index is -0.150. The summed E-state index contributed by atoms with van der Waals surface area (Å²) in [7, 11) is 0. The van der Waals surface area contributed by atoms with E-state index < -0.39 is 0 Å². The van der Waals surface area contributed by atoms with Gasteiger partial charge in [0.1, 0.15) is 16.7 Å². The van der Waals surface area contributed by atoms with Gasteiger partial charge in [-0.05, 0) is 18.9 Å². The molecule has 1 fully saturated rings. The zero-order valence-corrected chi connectivity index (χ0v) is 11.8. The number of aromatic amines is 1. The summed E-state index contributed by atoms with van der Waals surface area (Å²) < 4.78 is 1.88. The molecule has 0 amide bonds. The number of nitrogen functional groups attached to an aromatic ring is 1. The second-order valence-electron chi connectivity index (χ2n) is 5.84. The van der Waals surface area contributed by atoms with Gasteiger partial charge in [0.25, 0.3) is 5.56 Å². The largest absolute Gasteiger partial charge is 0.383 e. The lowest BCUT2D eigenvalue weighted by molar-refractivity contribution is 0.335. The van der Waals surface area contributed by atoms with Gasteiger partial charge in [-0.25, -0.2) is 4.68 Å². The van der Waals surface area contributed by atoms with Crippen LogP contribution in [0.4, 0.5) is 5.82 Å². The second-order valence-corrected chi connectivity index (χ2v) is 5.84. The minimum Gasteiger partial charge on any atom is -0.383 e. The zero-order chi connectivity index (χ0) is 14.4. The molecule has 0 radical (unpaired) electrons. The van der Waals surface area contributed by atoms with Crippen molar-refractivity contribution in [2.45, 2.75) is 38.1 Å². The van der Waals surface area contributed by atoms with Crippen LogP contribution >= 0.6 is 0 Å². The van der Waals surface area contributed by atoms with E-state index >= 15 is 0 Å². The molecule has 2 aromatic heterocycles. The number of nitrogens with two attached hydrogens (primary N) is 1. The highest BCUT2D eigenvalue weighted by molar-refractivity contribution is 6.06. The number of para-hydroxylation sites is 1. The molecular weight excluding hydrogens is 264 g/mol. The summed E-state index contributed by atoms with van der Waals surface area (Å²) in [5, 5.41) is 6.18. The summed E-state index contributed by atoms with van der Waals surface area (Å²) >= 11 is 0. The summed E-state index contributed by atoms with van der Waals surface area (Å²) in [4.78, 5) is 15.2. The quantitative estimate of drug-likeness (QED) is 0.720. The van der Waals surface area contributed by atoms with Crippen LogP contribution < -0.4 is 11.3 Å². The maximum atomic E-state index is 12.3. The van der Waals surface area contributed by atoms with Crippen molar-refractivity contribution in [3.8, 4) is 0 Å². The van der Waals surface area contributed by atoms with Crippen molar-refractivity contribution >= 4 is 27.6 Å². The molecule has 1 saturated carbocycles. The number of hydrogen-bond acceptors (Lipinski definition) is 3. The van der Waals surface area contributed by atoms with E-state index in [0.717, 1.165) is 29.3 Å². The van der Waals surface area contributed by atoms with Crippen LogP contribution in [0.1, 0.15) is 38.1 Å². The smallest absolute Gasteiger partial charge is 0.261 e. The van der Waals surface area contributed by atoms with Crippen molar-refractivity contribution < 1.29 is 0 Å². The predicted molar refractivity (Wildman–Crippen MR) is 84.4 cm³/mol. The van der Waals surface area contributed by atoms with Crippen LogP contribution in [0.3, 0.4) is 0 Å². The number of pyridine rings is 1. The Balaban J connectivity index is 2.02. The third-order valence-electron chi connectivity index (χ3n) is 4.53.